The predicted octanol–water partition coefficient (Wildman–Crippen LogP) is 0.421. The van der Waals surface area contributed by atoms with E-state index in [2.05, 4.69) is 51.8 Å². The summed E-state index contributed by atoms with van der Waals surface area (Å²) in [7, 11) is 0. The molecule has 0 saturated heterocycles. The van der Waals surface area contributed by atoms with Crippen LogP contribution in [0.25, 0.3) is 11.1 Å². The van der Waals surface area contributed by atoms with Crippen LogP contribution in [-0.4, -0.2) is 47.5 Å². The van der Waals surface area contributed by atoms with E-state index in [1.807, 2.05) is 0 Å². The van der Waals surface area contributed by atoms with Crippen LogP contribution in [0.5, 0.6) is 17.8 Å². The average molecular weight is 546 g/mol. The Morgan fingerprint density at radius 3 is 2.47 bits per heavy atom. The molecule has 1 unspecified atom stereocenters. The number of rotatable bonds is 6. The fraction of sp³-hybridized carbons (Fsp3) is 0.125. The molecule has 1 aromatic carbocycles. The molecule has 0 aliphatic carbocycles. The lowest BCUT2D eigenvalue weighted by molar-refractivity contribution is -0.332. The number of halogens is 2. The van der Waals surface area contributed by atoms with E-state index in [-0.39, 0.29) is 21.7 Å². The number of benzene rings is 1. The van der Waals surface area contributed by atoms with E-state index in [1.54, 1.807) is 24.3 Å². The van der Waals surface area contributed by atoms with Crippen molar-refractivity contribution in [2.75, 3.05) is 5.73 Å². The van der Waals surface area contributed by atoms with Gasteiger partial charge in [0.1, 0.15) is 16.6 Å². The van der Waals surface area contributed by atoms with Gasteiger partial charge in [-0.25, -0.2) is 9.97 Å². The number of nitrogens with two attached hydrogens (primary N) is 2. The minimum Gasteiger partial charge on any atom is -0.492 e. The first kappa shape index (κ1) is 21.9. The van der Waals surface area contributed by atoms with Gasteiger partial charge < -0.3 is 30.5 Å². The molecule has 12 nitrogen and oxygen atoms in total. The Balaban J connectivity index is 1.89. The Hall–Kier alpha value is -2.78. The molecule has 0 aliphatic heterocycles. The summed E-state index contributed by atoms with van der Waals surface area (Å²) < 4.78 is 10.7. The van der Waals surface area contributed by atoms with E-state index < -0.39 is 29.7 Å². The molecule has 0 spiro atoms. The van der Waals surface area contributed by atoms with E-state index in [9.17, 15) is 20.1 Å². The van der Waals surface area contributed by atoms with Gasteiger partial charge in [0.25, 0.3) is 5.56 Å². The highest BCUT2D eigenvalue weighted by atomic mass is 79.9. The molecule has 3 aromatic rings. The van der Waals surface area contributed by atoms with Crippen molar-refractivity contribution in [3.63, 3.8) is 0 Å². The van der Waals surface area contributed by atoms with E-state index in [0.717, 1.165) is 10.8 Å². The molecular weight excluding hydrogens is 532 g/mol. The first-order valence-corrected chi connectivity index (χ1v) is 9.58. The number of hydrogen-bond acceptors (Lipinski definition) is 11. The molecule has 0 radical (unpaired) electrons. The molecule has 0 fully saturated rings. The summed E-state index contributed by atoms with van der Waals surface area (Å²) in [4.78, 5) is 25.0. The molecule has 30 heavy (non-hydrogen) atoms. The number of aliphatic hydroxyl groups is 2. The molecule has 0 aliphatic rings. The summed E-state index contributed by atoms with van der Waals surface area (Å²) in [5, 5.41) is 30.1. The number of aromatic hydroxyl groups is 1. The average Bonchev–Trinajstić information content (AvgIpc) is 2.67. The lowest BCUT2D eigenvalue weighted by Crippen LogP contribution is -2.56. The summed E-state index contributed by atoms with van der Waals surface area (Å²) in [5.74, 6) is -4.12. The zero-order chi connectivity index (χ0) is 22.1. The quantitative estimate of drug-likeness (QED) is 0.234. The van der Waals surface area contributed by atoms with Gasteiger partial charge in [0.05, 0.1) is 5.56 Å². The summed E-state index contributed by atoms with van der Waals surface area (Å²) in [6.07, 6.45) is -0.934. The summed E-state index contributed by atoms with van der Waals surface area (Å²) in [6.45, 7) is 0. The number of aromatic amines is 1. The maximum atomic E-state index is 11.6. The minimum atomic E-state index is -3.15. The molecule has 0 saturated carbocycles. The molecule has 2 heterocycles. The number of nitrogen functional groups attached to an aromatic ring is 1. The van der Waals surface area contributed by atoms with Gasteiger partial charge in [0.15, 0.2) is 0 Å². The maximum Gasteiger partial charge on any atom is 0.377 e. The Labute approximate surface area is 184 Å². The van der Waals surface area contributed by atoms with Crippen LogP contribution in [0.4, 0.5) is 5.82 Å². The van der Waals surface area contributed by atoms with E-state index >= 15 is 0 Å². The van der Waals surface area contributed by atoms with Crippen molar-refractivity contribution in [1.29, 1.82) is 0 Å². The van der Waals surface area contributed by atoms with Gasteiger partial charge in [-0.2, -0.15) is 4.98 Å². The SMILES string of the molecule is Nc1ncnc(OC(O)(O)C(N)Oc2nc(O)c(Br)c(=O)[nH]2)c1-c1ccc(Br)cc1. The highest BCUT2D eigenvalue weighted by Gasteiger charge is 2.39. The monoisotopic (exact) mass is 544 g/mol. The van der Waals surface area contributed by atoms with Crippen molar-refractivity contribution < 1.29 is 24.8 Å². The first-order chi connectivity index (χ1) is 14.1. The maximum absolute atomic E-state index is 11.6. The smallest absolute Gasteiger partial charge is 0.377 e. The Bertz CT molecular complexity index is 1120. The normalized spacial score (nSPS) is 12.4. The van der Waals surface area contributed by atoms with Gasteiger partial charge in [-0.1, -0.05) is 28.1 Å². The molecule has 14 heteroatoms. The van der Waals surface area contributed by atoms with Crippen LogP contribution < -0.4 is 26.5 Å². The van der Waals surface area contributed by atoms with Crippen LogP contribution in [0.15, 0.2) is 44.3 Å². The molecule has 158 valence electrons. The summed E-state index contributed by atoms with van der Waals surface area (Å²) in [6, 6.07) is 6.23. The molecule has 1 atom stereocenters. The first-order valence-electron chi connectivity index (χ1n) is 7.99. The van der Waals surface area contributed by atoms with Crippen molar-refractivity contribution in [3.05, 3.63) is 49.9 Å². The number of hydrogen-bond donors (Lipinski definition) is 6. The highest BCUT2D eigenvalue weighted by molar-refractivity contribution is 9.10. The Kier molecular flexibility index (Phi) is 6.23. The van der Waals surface area contributed by atoms with Crippen molar-refractivity contribution in [3.8, 4) is 28.9 Å². The topological polar surface area (TPSA) is 203 Å². The zero-order valence-electron chi connectivity index (χ0n) is 14.8. The second kappa shape index (κ2) is 8.53. The standard InChI is InChI=1S/C16H14Br2N6O6/c17-7-3-1-6(2-4-7)8-10(19)21-5-22-13(8)30-16(27,28)14(20)29-15-23-11(25)9(18)12(26)24-15/h1-5,14,27-28H,20H2,(H2,19,21,22)(H2,23,24,25,26). The lowest BCUT2D eigenvalue weighted by atomic mass is 10.1. The van der Waals surface area contributed by atoms with Crippen molar-refractivity contribution >= 4 is 37.7 Å². The van der Waals surface area contributed by atoms with E-state index in [0.29, 0.717) is 5.56 Å². The van der Waals surface area contributed by atoms with Gasteiger partial charge in [0.2, 0.25) is 18.0 Å². The van der Waals surface area contributed by atoms with Crippen molar-refractivity contribution in [2.24, 2.45) is 5.73 Å². The van der Waals surface area contributed by atoms with E-state index in [1.165, 1.54) is 0 Å². The third-order valence-electron chi connectivity index (χ3n) is 3.65. The lowest BCUT2D eigenvalue weighted by Gasteiger charge is -2.28. The van der Waals surface area contributed by atoms with Crippen LogP contribution in [0.1, 0.15) is 0 Å². The number of ether oxygens (including phenoxy) is 2. The Morgan fingerprint density at radius 2 is 1.83 bits per heavy atom. The minimum absolute atomic E-state index is 0.0106. The van der Waals surface area contributed by atoms with Gasteiger partial charge in [-0.3, -0.25) is 15.5 Å². The number of aromatic nitrogens is 4. The molecule has 0 bridgehead atoms. The van der Waals surface area contributed by atoms with Crippen LogP contribution >= 0.6 is 31.9 Å². The fourth-order valence-corrected chi connectivity index (χ4v) is 2.68. The van der Waals surface area contributed by atoms with Crippen LogP contribution in [0.2, 0.25) is 0 Å². The number of nitrogens with zero attached hydrogens (tertiary/aromatic N) is 3. The van der Waals surface area contributed by atoms with Gasteiger partial charge >= 0.3 is 12.0 Å². The fourth-order valence-electron chi connectivity index (χ4n) is 2.23. The van der Waals surface area contributed by atoms with Crippen LogP contribution in [-0.2, 0) is 0 Å². The van der Waals surface area contributed by atoms with Crippen LogP contribution in [0.3, 0.4) is 0 Å². The van der Waals surface area contributed by atoms with Crippen molar-refractivity contribution in [1.82, 2.24) is 19.9 Å². The second-order valence-electron chi connectivity index (χ2n) is 5.75. The molecule has 2 aromatic heterocycles. The zero-order valence-corrected chi connectivity index (χ0v) is 18.0. The Morgan fingerprint density at radius 1 is 1.17 bits per heavy atom. The van der Waals surface area contributed by atoms with Crippen molar-refractivity contribution in [2.45, 2.75) is 12.2 Å². The number of H-pyrrole nitrogens is 1. The van der Waals surface area contributed by atoms with E-state index in [4.69, 9.17) is 20.9 Å². The largest absolute Gasteiger partial charge is 0.492 e. The van der Waals surface area contributed by atoms with Gasteiger partial charge in [-0.15, -0.1) is 0 Å². The second-order valence-corrected chi connectivity index (χ2v) is 7.46. The third kappa shape index (κ3) is 4.68. The van der Waals surface area contributed by atoms with Gasteiger partial charge in [0, 0.05) is 4.47 Å². The van der Waals surface area contributed by atoms with Crippen LogP contribution in [0, 0.1) is 0 Å². The molecule has 3 rings (SSSR count). The molecular formula is C16H14Br2N6O6. The third-order valence-corrected chi connectivity index (χ3v) is 4.90. The summed E-state index contributed by atoms with van der Waals surface area (Å²) in [5.41, 5.74) is 11.5. The summed E-state index contributed by atoms with van der Waals surface area (Å²) >= 11 is 6.12. The number of nitrogens with one attached hydrogen (secondary N) is 1. The predicted molar refractivity (Wildman–Crippen MR) is 110 cm³/mol. The highest BCUT2D eigenvalue weighted by Crippen LogP contribution is 2.34. The molecule has 8 N–H and O–H groups in total. The number of anilines is 1. The van der Waals surface area contributed by atoms with Gasteiger partial charge in [-0.05, 0) is 33.6 Å². The molecule has 0 amide bonds.